The Kier molecular flexibility index (Phi) is 7.74. The largest absolute Gasteiger partial charge is 0.477 e. The van der Waals surface area contributed by atoms with Crippen LogP contribution < -0.4 is 10.5 Å². The quantitative estimate of drug-likeness (QED) is 0.354. The van der Waals surface area contributed by atoms with Crippen molar-refractivity contribution in [2.24, 2.45) is 5.73 Å². The highest BCUT2D eigenvalue weighted by atomic mass is 31.2. The van der Waals surface area contributed by atoms with Crippen LogP contribution in [0.5, 0.6) is 5.88 Å². The number of allylic oxidation sites excluding steroid dienone is 2. The molecule has 12 heteroatoms. The van der Waals surface area contributed by atoms with E-state index in [2.05, 4.69) is 14.7 Å². The molecule has 1 unspecified atom stereocenters. The molecular formula is C23H24FN4O6P. The van der Waals surface area contributed by atoms with Gasteiger partial charge in [-0.2, -0.15) is 0 Å². The summed E-state index contributed by atoms with van der Waals surface area (Å²) in [5.74, 6) is 0.655. The molecule has 2 aromatic heterocycles. The maximum atomic E-state index is 13.0. The van der Waals surface area contributed by atoms with E-state index in [1.165, 1.54) is 17.0 Å². The molecule has 3 heterocycles. The number of rotatable bonds is 10. The van der Waals surface area contributed by atoms with Crippen LogP contribution in [0.2, 0.25) is 0 Å². The lowest BCUT2D eigenvalue weighted by Gasteiger charge is -2.30. The molecule has 0 spiro atoms. The summed E-state index contributed by atoms with van der Waals surface area (Å²) < 4.78 is 39.6. The fraction of sp³-hybridized carbons (Fsp3) is 0.217. The second kappa shape index (κ2) is 10.9. The molecule has 4 N–H and O–H groups in total. The van der Waals surface area contributed by atoms with Gasteiger partial charge in [-0.15, -0.1) is 0 Å². The second-order valence-electron chi connectivity index (χ2n) is 7.76. The molecule has 0 bridgehead atoms. The summed E-state index contributed by atoms with van der Waals surface area (Å²) in [4.78, 5) is 23.6. The molecule has 10 nitrogen and oxygen atoms in total. The standard InChI is InChI=1S/C23H24FN4O6P/c24-18-6-3-16(4-7-18)9-11-32-22-8-5-17(14-26-22)12-19-13-21(34-27-19)20-2-1-10-28(23(20)25)15-33-35(29,30)31/h1-8,10,13-14,23H,9,11-12,15,25H2,(H2,29,30,31). The van der Waals surface area contributed by atoms with Crippen molar-refractivity contribution in [2.75, 3.05) is 13.3 Å². The fourth-order valence-electron chi connectivity index (χ4n) is 3.39. The number of aromatic nitrogens is 2. The molecule has 0 fully saturated rings. The molecule has 184 valence electrons. The van der Waals surface area contributed by atoms with Crippen LogP contribution in [-0.2, 0) is 21.9 Å². The topological polar surface area (TPSA) is 144 Å². The number of halogens is 1. The lowest BCUT2D eigenvalue weighted by atomic mass is 10.1. The molecule has 0 radical (unpaired) electrons. The van der Waals surface area contributed by atoms with Crippen molar-refractivity contribution in [1.82, 2.24) is 15.0 Å². The van der Waals surface area contributed by atoms with E-state index in [1.807, 2.05) is 6.07 Å². The number of hydrogen-bond acceptors (Lipinski definition) is 8. The number of nitrogens with two attached hydrogens (primary N) is 1. The van der Waals surface area contributed by atoms with E-state index in [1.54, 1.807) is 48.8 Å². The van der Waals surface area contributed by atoms with Gasteiger partial charge in [-0.25, -0.2) is 13.9 Å². The van der Waals surface area contributed by atoms with Gasteiger partial charge in [0.1, 0.15) is 18.7 Å². The third kappa shape index (κ3) is 7.08. The fourth-order valence-corrected chi connectivity index (χ4v) is 3.67. The first-order valence-electron chi connectivity index (χ1n) is 10.6. The van der Waals surface area contributed by atoms with Crippen LogP contribution in [0.3, 0.4) is 0 Å². The van der Waals surface area contributed by atoms with E-state index in [4.69, 9.17) is 24.8 Å². The average molecular weight is 502 g/mol. The van der Waals surface area contributed by atoms with E-state index in [-0.39, 0.29) is 12.5 Å². The number of pyridine rings is 1. The smallest absolute Gasteiger partial charge is 0.471 e. The molecule has 4 rings (SSSR count). The Bertz CT molecular complexity index is 1240. The molecule has 0 saturated carbocycles. The van der Waals surface area contributed by atoms with Gasteiger partial charge in [0.25, 0.3) is 0 Å². The lowest BCUT2D eigenvalue weighted by Crippen LogP contribution is -2.41. The number of ether oxygens (including phenoxy) is 1. The summed E-state index contributed by atoms with van der Waals surface area (Å²) in [5, 5.41) is 4.09. The van der Waals surface area contributed by atoms with Gasteiger partial charge in [0.05, 0.1) is 12.3 Å². The number of benzene rings is 1. The Morgan fingerprint density at radius 2 is 1.94 bits per heavy atom. The van der Waals surface area contributed by atoms with E-state index >= 15 is 0 Å². The van der Waals surface area contributed by atoms with Gasteiger partial charge in [0.2, 0.25) is 5.88 Å². The summed E-state index contributed by atoms with van der Waals surface area (Å²) in [6, 6.07) is 11.7. The number of hydrogen-bond donors (Lipinski definition) is 3. The Morgan fingerprint density at radius 1 is 1.17 bits per heavy atom. The molecule has 0 saturated heterocycles. The minimum atomic E-state index is -4.63. The first kappa shape index (κ1) is 24.8. The van der Waals surface area contributed by atoms with Gasteiger partial charge in [-0.05, 0) is 29.3 Å². The van der Waals surface area contributed by atoms with Crippen molar-refractivity contribution in [3.05, 3.63) is 95.4 Å². The third-order valence-electron chi connectivity index (χ3n) is 5.18. The average Bonchev–Trinajstić information content (AvgIpc) is 3.28. The van der Waals surface area contributed by atoms with Crippen molar-refractivity contribution in [3.63, 3.8) is 0 Å². The highest BCUT2D eigenvalue weighted by molar-refractivity contribution is 7.46. The SMILES string of the molecule is NC1C(c2cc(Cc3ccc(OCCc4ccc(F)cc4)nc3)no2)=CC=CN1COP(=O)(O)O. The highest BCUT2D eigenvalue weighted by Gasteiger charge is 2.25. The predicted octanol–water partition coefficient (Wildman–Crippen LogP) is 2.99. The predicted molar refractivity (Wildman–Crippen MR) is 124 cm³/mol. The molecular weight excluding hydrogens is 478 g/mol. The zero-order valence-corrected chi connectivity index (χ0v) is 19.4. The maximum absolute atomic E-state index is 13.0. The number of phosphoric acid groups is 1. The van der Waals surface area contributed by atoms with Crippen LogP contribution in [0.1, 0.15) is 22.6 Å². The van der Waals surface area contributed by atoms with Crippen LogP contribution in [0, 0.1) is 5.82 Å². The van der Waals surface area contributed by atoms with E-state index < -0.39 is 14.0 Å². The zero-order valence-electron chi connectivity index (χ0n) is 18.5. The Morgan fingerprint density at radius 3 is 2.66 bits per heavy atom. The number of phosphoric ester groups is 1. The van der Waals surface area contributed by atoms with Crippen molar-refractivity contribution in [2.45, 2.75) is 19.0 Å². The van der Waals surface area contributed by atoms with Crippen molar-refractivity contribution < 1.29 is 32.5 Å². The Balaban J connectivity index is 1.30. The lowest BCUT2D eigenvalue weighted by molar-refractivity contribution is 0.110. The van der Waals surface area contributed by atoms with E-state index in [0.717, 1.165) is 11.1 Å². The molecule has 0 amide bonds. The molecule has 1 aromatic carbocycles. The summed E-state index contributed by atoms with van der Waals surface area (Å²) >= 11 is 0. The Labute approximate surface area is 200 Å². The molecule has 35 heavy (non-hydrogen) atoms. The minimum Gasteiger partial charge on any atom is -0.477 e. The van der Waals surface area contributed by atoms with Gasteiger partial charge in [-0.1, -0.05) is 29.4 Å². The van der Waals surface area contributed by atoms with Gasteiger partial charge in [0.15, 0.2) is 5.76 Å². The molecule has 0 aliphatic carbocycles. The molecule has 3 aromatic rings. The van der Waals surface area contributed by atoms with Gasteiger partial charge >= 0.3 is 7.82 Å². The van der Waals surface area contributed by atoms with Gasteiger partial charge in [-0.3, -0.25) is 4.52 Å². The van der Waals surface area contributed by atoms with Crippen molar-refractivity contribution >= 4 is 13.4 Å². The molecule has 1 atom stereocenters. The minimum absolute atomic E-state index is 0.268. The van der Waals surface area contributed by atoms with Crippen molar-refractivity contribution in [1.29, 1.82) is 0 Å². The van der Waals surface area contributed by atoms with Gasteiger partial charge in [0, 0.05) is 42.9 Å². The monoisotopic (exact) mass is 502 g/mol. The Hall–Kier alpha value is -3.34. The van der Waals surface area contributed by atoms with Crippen LogP contribution in [0.25, 0.3) is 5.57 Å². The number of nitrogens with zero attached hydrogens (tertiary/aromatic N) is 3. The summed E-state index contributed by atoms with van der Waals surface area (Å²) in [6.07, 6.45) is 7.04. The highest BCUT2D eigenvalue weighted by Crippen LogP contribution is 2.36. The van der Waals surface area contributed by atoms with Crippen LogP contribution in [0.4, 0.5) is 4.39 Å². The second-order valence-corrected chi connectivity index (χ2v) is 9.00. The van der Waals surface area contributed by atoms with Crippen LogP contribution in [-0.4, -0.2) is 44.3 Å². The summed E-state index contributed by atoms with van der Waals surface area (Å²) in [5.41, 5.74) is 9.31. The maximum Gasteiger partial charge on any atom is 0.471 e. The van der Waals surface area contributed by atoms with Crippen LogP contribution >= 0.6 is 7.82 Å². The zero-order chi connectivity index (χ0) is 24.8. The van der Waals surface area contributed by atoms with Gasteiger partial charge < -0.3 is 29.7 Å². The van der Waals surface area contributed by atoms with Crippen molar-refractivity contribution in [3.8, 4) is 5.88 Å². The normalized spacial score (nSPS) is 15.8. The van der Waals surface area contributed by atoms with Crippen LogP contribution in [0.15, 0.2) is 71.5 Å². The molecule has 1 aliphatic heterocycles. The van der Waals surface area contributed by atoms with E-state index in [0.29, 0.717) is 42.4 Å². The third-order valence-corrected chi connectivity index (χ3v) is 5.64. The molecule has 1 aliphatic rings. The summed E-state index contributed by atoms with van der Waals surface area (Å²) in [7, 11) is -4.63. The first-order valence-corrected chi connectivity index (χ1v) is 12.2. The first-order chi connectivity index (χ1) is 16.8. The summed E-state index contributed by atoms with van der Waals surface area (Å²) in [6.45, 7) is 0.0366. The van der Waals surface area contributed by atoms with E-state index in [9.17, 15) is 8.96 Å².